The van der Waals surface area contributed by atoms with Gasteiger partial charge in [0.2, 0.25) is 5.82 Å². The van der Waals surface area contributed by atoms with E-state index in [1.54, 1.807) is 6.07 Å². The lowest BCUT2D eigenvalue weighted by molar-refractivity contribution is 0.0551. The molecule has 0 spiro atoms. The number of hydrogen-bond donors (Lipinski definition) is 3. The third kappa shape index (κ3) is 4.62. The molecule has 1 aromatic heterocycles. The molecule has 1 atom stereocenters. The summed E-state index contributed by atoms with van der Waals surface area (Å²) in [6.07, 6.45) is 0.192. The lowest BCUT2D eigenvalue weighted by Gasteiger charge is -2.31. The number of benzene rings is 2. The van der Waals surface area contributed by atoms with Crippen LogP contribution in [0.4, 0.5) is 5.69 Å². The second kappa shape index (κ2) is 9.28. The third-order valence-corrected chi connectivity index (χ3v) is 5.73. The van der Waals surface area contributed by atoms with E-state index in [-0.39, 0.29) is 12.7 Å². The maximum atomic E-state index is 9.74. The smallest absolute Gasteiger partial charge is 0.258 e. The van der Waals surface area contributed by atoms with Crippen molar-refractivity contribution >= 4 is 5.69 Å². The van der Waals surface area contributed by atoms with Crippen LogP contribution < -0.4 is 10.5 Å². The Morgan fingerprint density at radius 3 is 2.78 bits per heavy atom. The van der Waals surface area contributed by atoms with Gasteiger partial charge in [-0.3, -0.25) is 4.90 Å². The number of aromatic nitrogens is 2. The van der Waals surface area contributed by atoms with Gasteiger partial charge in [-0.2, -0.15) is 4.98 Å². The number of nitrogen functional groups attached to an aromatic ring is 1. The quantitative estimate of drug-likeness (QED) is 0.482. The second-order valence-electron chi connectivity index (χ2n) is 8.54. The van der Waals surface area contributed by atoms with Crippen LogP contribution in [0, 0.1) is 6.92 Å². The first-order valence-electron chi connectivity index (χ1n) is 10.9. The Kier molecular flexibility index (Phi) is 6.45. The molecule has 1 aliphatic heterocycles. The van der Waals surface area contributed by atoms with E-state index in [0.29, 0.717) is 29.7 Å². The van der Waals surface area contributed by atoms with Gasteiger partial charge in [-0.1, -0.05) is 17.3 Å². The van der Waals surface area contributed by atoms with Crippen molar-refractivity contribution in [1.29, 1.82) is 0 Å². The van der Waals surface area contributed by atoms with Crippen LogP contribution in [-0.2, 0) is 13.0 Å². The Morgan fingerprint density at radius 2 is 2.06 bits per heavy atom. The fourth-order valence-corrected chi connectivity index (χ4v) is 4.15. The van der Waals surface area contributed by atoms with Gasteiger partial charge in [0, 0.05) is 30.8 Å². The normalized spacial score (nSPS) is 15.1. The molecule has 2 heterocycles. The molecule has 0 fully saturated rings. The first-order valence-corrected chi connectivity index (χ1v) is 10.9. The van der Waals surface area contributed by atoms with E-state index in [9.17, 15) is 5.11 Å². The van der Waals surface area contributed by atoms with Crippen molar-refractivity contribution in [3.63, 3.8) is 0 Å². The Hall–Kier alpha value is -2.94. The molecule has 170 valence electrons. The number of aliphatic hydroxyl groups is 2. The van der Waals surface area contributed by atoms with Crippen LogP contribution >= 0.6 is 0 Å². The van der Waals surface area contributed by atoms with Gasteiger partial charge in [0.1, 0.15) is 5.75 Å². The second-order valence-corrected chi connectivity index (χ2v) is 8.54. The van der Waals surface area contributed by atoms with E-state index in [4.69, 9.17) is 20.1 Å². The van der Waals surface area contributed by atoms with Crippen molar-refractivity contribution in [2.75, 3.05) is 25.4 Å². The molecular weight excluding hydrogens is 408 g/mol. The molecular formula is C24H30N4O4. The Bertz CT molecular complexity index is 1100. The molecule has 2 aromatic carbocycles. The minimum Gasteiger partial charge on any atom is -0.489 e. The zero-order valence-corrected chi connectivity index (χ0v) is 18.7. The van der Waals surface area contributed by atoms with Gasteiger partial charge < -0.3 is 25.2 Å². The molecule has 8 heteroatoms. The molecule has 4 rings (SSSR count). The van der Waals surface area contributed by atoms with Crippen LogP contribution in [-0.4, -0.2) is 57.2 Å². The highest BCUT2D eigenvalue weighted by molar-refractivity contribution is 5.68. The molecule has 4 N–H and O–H groups in total. The lowest BCUT2D eigenvalue weighted by Crippen LogP contribution is -2.38. The summed E-state index contributed by atoms with van der Waals surface area (Å²) in [7, 11) is 0. The Labute approximate surface area is 187 Å². The number of rotatable bonds is 7. The van der Waals surface area contributed by atoms with Gasteiger partial charge in [-0.05, 0) is 62.1 Å². The van der Waals surface area contributed by atoms with Gasteiger partial charge in [0.25, 0.3) is 5.89 Å². The van der Waals surface area contributed by atoms with E-state index in [1.165, 1.54) is 11.1 Å². The number of nitrogens with zero attached hydrogens (tertiary/aromatic N) is 3. The molecule has 0 aliphatic carbocycles. The van der Waals surface area contributed by atoms with Crippen LogP contribution in [0.15, 0.2) is 34.9 Å². The highest BCUT2D eigenvalue weighted by Gasteiger charge is 2.23. The molecule has 3 aromatic rings. The fraction of sp³-hybridized carbons (Fsp3) is 0.417. The summed E-state index contributed by atoms with van der Waals surface area (Å²) in [5, 5.41) is 23.1. The van der Waals surface area contributed by atoms with E-state index in [0.717, 1.165) is 36.2 Å². The first-order chi connectivity index (χ1) is 15.4. The number of nitrogens with two attached hydrogens (primary N) is 1. The average molecular weight is 439 g/mol. The number of fused-ring (bicyclic) bond motifs is 1. The number of β-amino-alcohol motifs (C(OH)–C–C–N with tert-alkyl or cyclic N) is 1. The van der Waals surface area contributed by atoms with Crippen LogP contribution in [0.25, 0.3) is 22.8 Å². The Balaban J connectivity index is 1.56. The molecule has 8 nitrogen and oxygen atoms in total. The van der Waals surface area contributed by atoms with Crippen LogP contribution in [0.1, 0.15) is 30.5 Å². The number of aliphatic hydroxyl groups excluding tert-OH is 2. The van der Waals surface area contributed by atoms with Gasteiger partial charge in [0.15, 0.2) is 0 Å². The number of ether oxygens (including phenoxy) is 1. The summed E-state index contributed by atoms with van der Waals surface area (Å²) in [6, 6.07) is 9.56. The van der Waals surface area contributed by atoms with Crippen molar-refractivity contribution in [2.45, 2.75) is 45.9 Å². The largest absolute Gasteiger partial charge is 0.489 e. The summed E-state index contributed by atoms with van der Waals surface area (Å²) in [5.41, 5.74) is 12.0. The zero-order valence-electron chi connectivity index (χ0n) is 18.7. The minimum absolute atomic E-state index is 0.0389. The van der Waals surface area contributed by atoms with Gasteiger partial charge in [-0.25, -0.2) is 0 Å². The maximum Gasteiger partial charge on any atom is 0.258 e. The summed E-state index contributed by atoms with van der Waals surface area (Å²) < 4.78 is 11.2. The van der Waals surface area contributed by atoms with Crippen LogP contribution in [0.2, 0.25) is 0 Å². The highest BCUT2D eigenvalue weighted by atomic mass is 16.5. The minimum atomic E-state index is -0.713. The number of anilines is 1. The summed E-state index contributed by atoms with van der Waals surface area (Å²) in [4.78, 5) is 6.77. The van der Waals surface area contributed by atoms with Crippen molar-refractivity contribution in [3.8, 4) is 28.6 Å². The fourth-order valence-electron chi connectivity index (χ4n) is 4.15. The molecule has 0 saturated carbocycles. The molecule has 32 heavy (non-hydrogen) atoms. The van der Waals surface area contributed by atoms with E-state index in [1.807, 2.05) is 32.0 Å². The SMILES string of the molecule is Cc1c(-c2noc(-c3ccc(OC(C)C)c(N)c3)n2)ccc2c1CCN(CC(O)CO)C2. The average Bonchev–Trinajstić information content (AvgIpc) is 3.25. The summed E-state index contributed by atoms with van der Waals surface area (Å²) in [5.74, 6) is 1.58. The van der Waals surface area contributed by atoms with Gasteiger partial charge in [-0.15, -0.1) is 0 Å². The van der Waals surface area contributed by atoms with Crippen LogP contribution in [0.5, 0.6) is 5.75 Å². The predicted octanol–water partition coefficient (Wildman–Crippen LogP) is 2.79. The van der Waals surface area contributed by atoms with Crippen molar-refractivity contribution < 1.29 is 19.5 Å². The third-order valence-electron chi connectivity index (χ3n) is 5.73. The molecule has 1 aliphatic rings. The highest BCUT2D eigenvalue weighted by Crippen LogP contribution is 2.33. The Morgan fingerprint density at radius 1 is 1.25 bits per heavy atom. The first kappa shape index (κ1) is 22.3. The standard InChI is InChI=1S/C24H30N4O4/c1-14(2)31-22-7-5-16(10-21(22)25)24-26-23(27-32-24)20-6-4-17-11-28(12-18(30)13-29)9-8-19(17)15(20)3/h4-7,10,14,18,29-30H,8-9,11-13,25H2,1-3H3. The van der Waals surface area contributed by atoms with Gasteiger partial charge >= 0.3 is 0 Å². The summed E-state index contributed by atoms with van der Waals surface area (Å²) in [6.45, 7) is 7.81. The van der Waals surface area contributed by atoms with E-state index in [2.05, 4.69) is 28.0 Å². The number of hydrogen-bond acceptors (Lipinski definition) is 8. The van der Waals surface area contributed by atoms with Crippen LogP contribution in [0.3, 0.4) is 0 Å². The molecule has 0 bridgehead atoms. The maximum absolute atomic E-state index is 9.74. The molecule has 0 saturated heterocycles. The molecule has 0 amide bonds. The van der Waals surface area contributed by atoms with Crippen molar-refractivity contribution in [1.82, 2.24) is 15.0 Å². The topological polar surface area (TPSA) is 118 Å². The van der Waals surface area contributed by atoms with E-state index >= 15 is 0 Å². The van der Waals surface area contributed by atoms with Gasteiger partial charge in [0.05, 0.1) is 24.5 Å². The lowest BCUT2D eigenvalue weighted by atomic mass is 9.91. The molecule has 0 radical (unpaired) electrons. The molecule has 1 unspecified atom stereocenters. The zero-order chi connectivity index (χ0) is 22.8. The monoisotopic (exact) mass is 438 g/mol. The predicted molar refractivity (Wildman–Crippen MR) is 122 cm³/mol. The van der Waals surface area contributed by atoms with E-state index < -0.39 is 6.10 Å². The summed E-state index contributed by atoms with van der Waals surface area (Å²) >= 11 is 0. The van der Waals surface area contributed by atoms with Crippen molar-refractivity contribution in [3.05, 3.63) is 47.0 Å². The van der Waals surface area contributed by atoms with Crippen molar-refractivity contribution in [2.24, 2.45) is 0 Å².